The molecule has 2 aromatic rings. The number of H-pyrrole nitrogens is 1. The van der Waals surface area contributed by atoms with Crippen LogP contribution in [-0.2, 0) is 9.53 Å². The molecule has 20 heavy (non-hydrogen) atoms. The van der Waals surface area contributed by atoms with E-state index in [1.807, 2.05) is 6.07 Å². The van der Waals surface area contributed by atoms with Gasteiger partial charge in [0.15, 0.2) is 0 Å². The van der Waals surface area contributed by atoms with Crippen LogP contribution in [0, 0.1) is 0 Å². The Bertz CT molecular complexity index is 805. The average Bonchev–Trinajstić information content (AvgIpc) is 2.45. The second-order valence-corrected chi connectivity index (χ2v) is 4.65. The van der Waals surface area contributed by atoms with Crippen molar-refractivity contribution in [2.75, 3.05) is 19.0 Å². The van der Waals surface area contributed by atoms with Gasteiger partial charge in [0.25, 0.3) is 0 Å². The number of aromatic amines is 1. The fourth-order valence-corrected chi connectivity index (χ4v) is 2.54. The van der Waals surface area contributed by atoms with Crippen molar-refractivity contribution in [2.45, 2.75) is 12.5 Å². The molecule has 0 saturated heterocycles. The number of carbonyl (C=O) groups excluding carboxylic acids is 1. The maximum absolute atomic E-state index is 12.1. The summed E-state index contributed by atoms with van der Waals surface area (Å²) in [6.07, 6.45) is 0.0380. The SMILES string of the molecule is COC(=O)CC1CNc2cccc3[nH]c(=O)c(=O)n1c23. The first-order valence-electron chi connectivity index (χ1n) is 6.20. The van der Waals surface area contributed by atoms with Crippen molar-refractivity contribution in [2.24, 2.45) is 0 Å². The van der Waals surface area contributed by atoms with E-state index < -0.39 is 23.1 Å². The van der Waals surface area contributed by atoms with Gasteiger partial charge >= 0.3 is 17.1 Å². The van der Waals surface area contributed by atoms with Crippen molar-refractivity contribution in [1.82, 2.24) is 9.55 Å². The molecule has 1 aliphatic heterocycles. The molecule has 0 amide bonds. The summed E-state index contributed by atoms with van der Waals surface area (Å²) in [5, 5.41) is 3.16. The number of esters is 1. The lowest BCUT2D eigenvalue weighted by molar-refractivity contribution is -0.141. The summed E-state index contributed by atoms with van der Waals surface area (Å²) in [6.45, 7) is 0.393. The number of hydrogen-bond acceptors (Lipinski definition) is 5. The van der Waals surface area contributed by atoms with Gasteiger partial charge in [-0.2, -0.15) is 0 Å². The van der Waals surface area contributed by atoms with E-state index >= 15 is 0 Å². The van der Waals surface area contributed by atoms with Gasteiger partial charge in [-0.05, 0) is 12.1 Å². The molecule has 7 nitrogen and oxygen atoms in total. The van der Waals surface area contributed by atoms with Crippen LogP contribution in [0.2, 0.25) is 0 Å². The zero-order chi connectivity index (χ0) is 14.3. The Kier molecular flexibility index (Phi) is 2.81. The maximum atomic E-state index is 12.1. The van der Waals surface area contributed by atoms with Gasteiger partial charge in [0.1, 0.15) is 0 Å². The van der Waals surface area contributed by atoms with E-state index in [-0.39, 0.29) is 6.42 Å². The second-order valence-electron chi connectivity index (χ2n) is 4.65. The molecule has 1 aliphatic rings. The predicted molar refractivity (Wildman–Crippen MR) is 73.0 cm³/mol. The Balaban J connectivity index is 2.28. The van der Waals surface area contributed by atoms with E-state index in [2.05, 4.69) is 15.0 Å². The standard InChI is InChI=1S/C13H13N3O4/c1-20-10(17)5-7-6-14-8-3-2-4-9-11(8)16(7)13(19)12(18)15-9/h2-4,7,14H,5-6H2,1H3,(H,15,18). The first-order valence-corrected chi connectivity index (χ1v) is 6.20. The van der Waals surface area contributed by atoms with Gasteiger partial charge in [-0.1, -0.05) is 6.07 Å². The third-order valence-electron chi connectivity index (χ3n) is 3.46. The number of carbonyl (C=O) groups is 1. The quantitative estimate of drug-likeness (QED) is 0.604. The van der Waals surface area contributed by atoms with E-state index in [0.717, 1.165) is 5.69 Å². The zero-order valence-corrected chi connectivity index (χ0v) is 10.8. The number of aromatic nitrogens is 2. The lowest BCUT2D eigenvalue weighted by Crippen LogP contribution is -2.42. The first-order chi connectivity index (χ1) is 9.61. The number of methoxy groups -OCH3 is 1. The van der Waals surface area contributed by atoms with Gasteiger partial charge < -0.3 is 15.0 Å². The van der Waals surface area contributed by atoms with E-state index in [1.165, 1.54) is 11.7 Å². The molecule has 3 rings (SSSR count). The Morgan fingerprint density at radius 3 is 3.00 bits per heavy atom. The number of rotatable bonds is 2. The number of para-hydroxylation sites is 1. The molecule has 104 valence electrons. The molecule has 0 aliphatic carbocycles. The van der Waals surface area contributed by atoms with Crippen LogP contribution in [0.15, 0.2) is 27.8 Å². The van der Waals surface area contributed by atoms with E-state index in [1.54, 1.807) is 12.1 Å². The summed E-state index contributed by atoms with van der Waals surface area (Å²) >= 11 is 0. The van der Waals surface area contributed by atoms with Crippen molar-refractivity contribution >= 4 is 22.7 Å². The molecule has 0 spiro atoms. The molecule has 0 fully saturated rings. The Morgan fingerprint density at radius 2 is 2.25 bits per heavy atom. The molecular weight excluding hydrogens is 262 g/mol. The van der Waals surface area contributed by atoms with Crippen LogP contribution in [0.3, 0.4) is 0 Å². The normalized spacial score (nSPS) is 16.8. The fraction of sp³-hybridized carbons (Fsp3) is 0.308. The van der Waals surface area contributed by atoms with E-state index in [4.69, 9.17) is 0 Å². The van der Waals surface area contributed by atoms with Crippen molar-refractivity contribution in [3.05, 3.63) is 38.9 Å². The second kappa shape index (κ2) is 4.52. The number of nitrogens with one attached hydrogen (secondary N) is 2. The van der Waals surface area contributed by atoms with Gasteiger partial charge in [0.2, 0.25) is 0 Å². The fourth-order valence-electron chi connectivity index (χ4n) is 2.54. The van der Waals surface area contributed by atoms with Crippen LogP contribution in [-0.4, -0.2) is 29.2 Å². The minimum absolute atomic E-state index is 0.0380. The summed E-state index contributed by atoms with van der Waals surface area (Å²) < 4.78 is 6.02. The largest absolute Gasteiger partial charge is 0.469 e. The number of benzene rings is 1. The van der Waals surface area contributed by atoms with Gasteiger partial charge in [-0.3, -0.25) is 19.0 Å². The average molecular weight is 275 g/mol. The van der Waals surface area contributed by atoms with Crippen molar-refractivity contribution in [3.63, 3.8) is 0 Å². The summed E-state index contributed by atoms with van der Waals surface area (Å²) in [5.74, 6) is -0.420. The van der Waals surface area contributed by atoms with Crippen molar-refractivity contribution in [1.29, 1.82) is 0 Å². The molecule has 0 radical (unpaired) electrons. The van der Waals surface area contributed by atoms with Crippen molar-refractivity contribution < 1.29 is 9.53 Å². The Labute approximate surface area is 113 Å². The highest BCUT2D eigenvalue weighted by Crippen LogP contribution is 2.28. The maximum Gasteiger partial charge on any atom is 0.317 e. The first kappa shape index (κ1) is 12.5. The number of ether oxygens (including phenoxy) is 1. The van der Waals surface area contributed by atoms with Gasteiger partial charge in [0.05, 0.1) is 36.3 Å². The van der Waals surface area contributed by atoms with E-state index in [9.17, 15) is 14.4 Å². The van der Waals surface area contributed by atoms with Gasteiger partial charge in [-0.15, -0.1) is 0 Å². The molecular formula is C13H13N3O4. The van der Waals surface area contributed by atoms with Crippen LogP contribution in [0.5, 0.6) is 0 Å². The molecule has 1 aromatic heterocycles. The number of nitrogens with zero attached hydrogens (tertiary/aromatic N) is 1. The highest BCUT2D eigenvalue weighted by Gasteiger charge is 2.25. The molecule has 0 saturated carbocycles. The van der Waals surface area contributed by atoms with E-state index in [0.29, 0.717) is 17.6 Å². The molecule has 1 aromatic carbocycles. The lowest BCUT2D eigenvalue weighted by atomic mass is 10.1. The van der Waals surface area contributed by atoms with Gasteiger partial charge in [-0.25, -0.2) is 0 Å². The number of hydrogen-bond donors (Lipinski definition) is 2. The monoisotopic (exact) mass is 275 g/mol. The number of anilines is 1. The summed E-state index contributed by atoms with van der Waals surface area (Å²) in [6, 6.07) is 4.90. The minimum Gasteiger partial charge on any atom is -0.469 e. The molecule has 1 atom stereocenters. The molecule has 2 N–H and O–H groups in total. The molecule has 7 heteroatoms. The van der Waals surface area contributed by atoms with Crippen LogP contribution in [0.1, 0.15) is 12.5 Å². The van der Waals surface area contributed by atoms with Crippen LogP contribution >= 0.6 is 0 Å². The lowest BCUT2D eigenvalue weighted by Gasteiger charge is -2.27. The smallest absolute Gasteiger partial charge is 0.317 e. The topological polar surface area (TPSA) is 93.2 Å². The molecule has 1 unspecified atom stereocenters. The van der Waals surface area contributed by atoms with Crippen LogP contribution in [0.4, 0.5) is 5.69 Å². The molecule has 0 bridgehead atoms. The van der Waals surface area contributed by atoms with Gasteiger partial charge in [0, 0.05) is 6.54 Å². The Hall–Kier alpha value is -2.57. The minimum atomic E-state index is -0.689. The third kappa shape index (κ3) is 1.78. The third-order valence-corrected chi connectivity index (χ3v) is 3.46. The van der Waals surface area contributed by atoms with Crippen molar-refractivity contribution in [3.8, 4) is 0 Å². The summed E-state index contributed by atoms with van der Waals surface area (Å²) in [4.78, 5) is 37.8. The van der Waals surface area contributed by atoms with Crippen LogP contribution in [0.25, 0.3) is 11.0 Å². The predicted octanol–water partition coefficient (Wildman–Crippen LogP) is 0.219. The highest BCUT2D eigenvalue weighted by molar-refractivity contribution is 5.89. The highest BCUT2D eigenvalue weighted by atomic mass is 16.5. The zero-order valence-electron chi connectivity index (χ0n) is 10.8. The molecule has 2 heterocycles. The Morgan fingerprint density at radius 1 is 1.45 bits per heavy atom. The summed E-state index contributed by atoms with van der Waals surface area (Å²) in [7, 11) is 1.29. The van der Waals surface area contributed by atoms with Crippen LogP contribution < -0.4 is 16.4 Å². The summed E-state index contributed by atoms with van der Waals surface area (Å²) in [5.41, 5.74) is 0.593.